The van der Waals surface area contributed by atoms with Gasteiger partial charge in [0.25, 0.3) is 5.88 Å². The molecule has 0 saturated heterocycles. The van der Waals surface area contributed by atoms with Gasteiger partial charge in [0.15, 0.2) is 5.75 Å². The molecule has 1 heterocycles. The number of hydrogen-bond donors (Lipinski definition) is 0. The predicted molar refractivity (Wildman–Crippen MR) is 53.7 cm³/mol. The van der Waals surface area contributed by atoms with Gasteiger partial charge in [-0.3, -0.25) is 0 Å². The van der Waals surface area contributed by atoms with E-state index in [4.69, 9.17) is 9.47 Å². The molecule has 1 aromatic heterocycles. The lowest BCUT2D eigenvalue weighted by molar-refractivity contribution is 0.208. The lowest BCUT2D eigenvalue weighted by atomic mass is 10.4. The Bertz CT molecular complexity index is 285. The Hall–Kier alpha value is -1.25. The molecule has 1 saturated carbocycles. The van der Waals surface area contributed by atoms with Crippen LogP contribution in [-0.4, -0.2) is 17.2 Å². The SMILES string of the molecule is CC(C)Oc1ncccc1OC1CC1. The van der Waals surface area contributed by atoms with Crippen LogP contribution in [0.4, 0.5) is 0 Å². The maximum atomic E-state index is 5.67. The van der Waals surface area contributed by atoms with Crippen LogP contribution in [0.1, 0.15) is 26.7 Å². The van der Waals surface area contributed by atoms with E-state index in [1.54, 1.807) is 6.20 Å². The van der Waals surface area contributed by atoms with Gasteiger partial charge in [-0.05, 0) is 38.8 Å². The Balaban J connectivity index is 2.10. The highest BCUT2D eigenvalue weighted by Gasteiger charge is 2.25. The lowest BCUT2D eigenvalue weighted by Gasteiger charge is -2.12. The van der Waals surface area contributed by atoms with Crippen LogP contribution in [0.5, 0.6) is 11.6 Å². The van der Waals surface area contributed by atoms with Crippen molar-refractivity contribution in [2.75, 3.05) is 0 Å². The van der Waals surface area contributed by atoms with E-state index in [1.165, 1.54) is 0 Å². The van der Waals surface area contributed by atoms with Crippen molar-refractivity contribution in [3.8, 4) is 11.6 Å². The van der Waals surface area contributed by atoms with Crippen LogP contribution in [-0.2, 0) is 0 Å². The van der Waals surface area contributed by atoms with Crippen LogP contribution in [0.25, 0.3) is 0 Å². The van der Waals surface area contributed by atoms with Crippen molar-refractivity contribution in [1.82, 2.24) is 4.98 Å². The second-order valence-corrected chi connectivity index (χ2v) is 3.79. The van der Waals surface area contributed by atoms with Crippen LogP contribution >= 0.6 is 0 Å². The first kappa shape index (κ1) is 9.31. The van der Waals surface area contributed by atoms with Gasteiger partial charge in [-0.25, -0.2) is 4.98 Å². The molecule has 1 aliphatic rings. The number of aromatic nitrogens is 1. The van der Waals surface area contributed by atoms with Crippen molar-refractivity contribution in [3.63, 3.8) is 0 Å². The zero-order valence-corrected chi connectivity index (χ0v) is 8.56. The van der Waals surface area contributed by atoms with E-state index >= 15 is 0 Å². The molecule has 1 aliphatic carbocycles. The topological polar surface area (TPSA) is 31.4 Å². The number of ether oxygens (including phenoxy) is 2. The van der Waals surface area contributed by atoms with Crippen LogP contribution < -0.4 is 9.47 Å². The summed E-state index contributed by atoms with van der Waals surface area (Å²) >= 11 is 0. The van der Waals surface area contributed by atoms with Gasteiger partial charge >= 0.3 is 0 Å². The molecule has 0 atom stereocenters. The molecule has 1 aromatic rings. The van der Waals surface area contributed by atoms with Gasteiger partial charge in [0, 0.05) is 6.20 Å². The Morgan fingerprint density at radius 2 is 2.21 bits per heavy atom. The zero-order chi connectivity index (χ0) is 9.97. The summed E-state index contributed by atoms with van der Waals surface area (Å²) in [5.74, 6) is 1.37. The van der Waals surface area contributed by atoms with Gasteiger partial charge < -0.3 is 9.47 Å². The second kappa shape index (κ2) is 3.86. The van der Waals surface area contributed by atoms with E-state index in [2.05, 4.69) is 4.98 Å². The molecule has 0 unspecified atom stereocenters. The third kappa shape index (κ3) is 2.37. The van der Waals surface area contributed by atoms with Crippen LogP contribution in [0.2, 0.25) is 0 Å². The van der Waals surface area contributed by atoms with Crippen LogP contribution in [0.3, 0.4) is 0 Å². The van der Waals surface area contributed by atoms with Crippen molar-refractivity contribution >= 4 is 0 Å². The molecule has 3 nitrogen and oxygen atoms in total. The molecule has 14 heavy (non-hydrogen) atoms. The van der Waals surface area contributed by atoms with Crippen LogP contribution in [0, 0.1) is 0 Å². The minimum atomic E-state index is 0.131. The van der Waals surface area contributed by atoms with Gasteiger partial charge in [-0.1, -0.05) is 0 Å². The van der Waals surface area contributed by atoms with Crippen molar-refractivity contribution in [2.45, 2.75) is 38.9 Å². The van der Waals surface area contributed by atoms with Gasteiger partial charge in [-0.2, -0.15) is 0 Å². The lowest BCUT2D eigenvalue weighted by Crippen LogP contribution is -2.09. The molecule has 1 fully saturated rings. The van der Waals surface area contributed by atoms with Crippen molar-refractivity contribution in [3.05, 3.63) is 18.3 Å². The summed E-state index contributed by atoms with van der Waals surface area (Å²) in [4.78, 5) is 4.15. The van der Waals surface area contributed by atoms with Gasteiger partial charge in [-0.15, -0.1) is 0 Å². The third-order valence-electron chi connectivity index (χ3n) is 1.90. The molecule has 0 bridgehead atoms. The molecule has 3 heteroatoms. The molecule has 0 radical (unpaired) electrons. The summed E-state index contributed by atoms with van der Waals surface area (Å²) < 4.78 is 11.2. The Kier molecular flexibility index (Phi) is 2.57. The normalized spacial score (nSPS) is 15.6. The Labute approximate surface area is 84.1 Å². The molecule has 2 rings (SSSR count). The maximum Gasteiger partial charge on any atom is 0.257 e. The number of pyridine rings is 1. The average molecular weight is 193 g/mol. The van der Waals surface area contributed by atoms with Crippen LogP contribution in [0.15, 0.2) is 18.3 Å². The average Bonchev–Trinajstić information content (AvgIpc) is 2.91. The molecule has 0 aromatic carbocycles. The first-order valence-electron chi connectivity index (χ1n) is 5.04. The molecule has 0 N–H and O–H groups in total. The maximum absolute atomic E-state index is 5.67. The standard InChI is InChI=1S/C11H15NO2/c1-8(2)13-11-10(4-3-7-12-11)14-9-5-6-9/h3-4,7-9H,5-6H2,1-2H3. The van der Waals surface area contributed by atoms with Gasteiger partial charge in [0.05, 0.1) is 12.2 Å². The summed E-state index contributed by atoms with van der Waals surface area (Å²) in [7, 11) is 0. The third-order valence-corrected chi connectivity index (χ3v) is 1.90. The van der Waals surface area contributed by atoms with Crippen molar-refractivity contribution in [2.24, 2.45) is 0 Å². The van der Waals surface area contributed by atoms with E-state index < -0.39 is 0 Å². The summed E-state index contributed by atoms with van der Waals surface area (Å²) in [5.41, 5.74) is 0. The quantitative estimate of drug-likeness (QED) is 0.735. The fourth-order valence-corrected chi connectivity index (χ4v) is 1.14. The van der Waals surface area contributed by atoms with Gasteiger partial charge in [0.2, 0.25) is 0 Å². The summed E-state index contributed by atoms with van der Waals surface area (Å²) in [6.45, 7) is 3.96. The Morgan fingerprint density at radius 1 is 1.43 bits per heavy atom. The molecule has 0 spiro atoms. The van der Waals surface area contributed by atoms with Gasteiger partial charge in [0.1, 0.15) is 0 Å². The number of nitrogens with zero attached hydrogens (tertiary/aromatic N) is 1. The van der Waals surface area contributed by atoms with E-state index in [9.17, 15) is 0 Å². The highest BCUT2D eigenvalue weighted by molar-refractivity contribution is 5.33. The fourth-order valence-electron chi connectivity index (χ4n) is 1.14. The molecule has 76 valence electrons. The predicted octanol–water partition coefficient (Wildman–Crippen LogP) is 2.41. The van der Waals surface area contributed by atoms with E-state index in [0.29, 0.717) is 12.0 Å². The molecular weight excluding hydrogens is 178 g/mol. The summed E-state index contributed by atoms with van der Waals surface area (Å²) in [6, 6.07) is 3.77. The minimum absolute atomic E-state index is 0.131. The first-order valence-corrected chi connectivity index (χ1v) is 5.04. The highest BCUT2D eigenvalue weighted by Crippen LogP contribution is 2.32. The number of hydrogen-bond acceptors (Lipinski definition) is 3. The largest absolute Gasteiger partial charge is 0.485 e. The Morgan fingerprint density at radius 3 is 2.86 bits per heavy atom. The molecular formula is C11H15NO2. The second-order valence-electron chi connectivity index (χ2n) is 3.79. The molecule has 0 amide bonds. The van der Waals surface area contributed by atoms with Crippen molar-refractivity contribution in [1.29, 1.82) is 0 Å². The first-order chi connectivity index (χ1) is 6.75. The van der Waals surface area contributed by atoms with E-state index in [1.807, 2.05) is 26.0 Å². The zero-order valence-electron chi connectivity index (χ0n) is 8.56. The van der Waals surface area contributed by atoms with E-state index in [0.717, 1.165) is 18.6 Å². The summed E-state index contributed by atoms with van der Waals surface area (Å²) in [5, 5.41) is 0. The van der Waals surface area contributed by atoms with E-state index in [-0.39, 0.29) is 6.10 Å². The fraction of sp³-hybridized carbons (Fsp3) is 0.545. The van der Waals surface area contributed by atoms with Crippen molar-refractivity contribution < 1.29 is 9.47 Å². The minimum Gasteiger partial charge on any atom is -0.485 e. The number of rotatable bonds is 4. The smallest absolute Gasteiger partial charge is 0.257 e. The molecule has 0 aliphatic heterocycles. The monoisotopic (exact) mass is 193 g/mol. The summed E-state index contributed by atoms with van der Waals surface area (Å²) in [6.07, 6.45) is 4.53. The highest BCUT2D eigenvalue weighted by atomic mass is 16.5.